The third-order valence-corrected chi connectivity index (χ3v) is 3.21. The standard InChI is InChI=1S/C13H18N2O/c1-4-14(2)9-10-5-6-12-11(7-10)8-13(16)15(12)3/h5-7H,4,8-9H2,1-3H3. The summed E-state index contributed by atoms with van der Waals surface area (Å²) in [5.41, 5.74) is 3.51. The molecule has 1 aromatic carbocycles. The van der Waals surface area contributed by atoms with Crippen molar-refractivity contribution in [2.75, 3.05) is 25.5 Å². The Morgan fingerprint density at radius 1 is 1.44 bits per heavy atom. The van der Waals surface area contributed by atoms with Gasteiger partial charge < -0.3 is 9.80 Å². The normalized spacial score (nSPS) is 14.8. The Hall–Kier alpha value is -1.35. The van der Waals surface area contributed by atoms with Crippen molar-refractivity contribution in [2.45, 2.75) is 19.9 Å². The first kappa shape index (κ1) is 11.1. The zero-order chi connectivity index (χ0) is 11.7. The number of fused-ring (bicyclic) bond motifs is 1. The number of rotatable bonds is 3. The first-order chi connectivity index (χ1) is 7.61. The molecule has 1 aromatic rings. The van der Waals surface area contributed by atoms with Crippen LogP contribution in [0.25, 0.3) is 0 Å². The average Bonchev–Trinajstić information content (AvgIpc) is 2.54. The molecule has 0 atom stereocenters. The molecule has 0 N–H and O–H groups in total. The summed E-state index contributed by atoms with van der Waals surface area (Å²) >= 11 is 0. The number of benzene rings is 1. The molecule has 0 aliphatic carbocycles. The summed E-state index contributed by atoms with van der Waals surface area (Å²) in [5, 5.41) is 0. The zero-order valence-electron chi connectivity index (χ0n) is 10.2. The number of hydrogen-bond acceptors (Lipinski definition) is 2. The van der Waals surface area contributed by atoms with E-state index in [0.29, 0.717) is 6.42 Å². The average molecular weight is 218 g/mol. The SMILES string of the molecule is CCN(C)Cc1ccc2c(c1)CC(=O)N2C. The summed E-state index contributed by atoms with van der Waals surface area (Å²) in [6.07, 6.45) is 0.551. The Bertz CT molecular complexity index is 414. The van der Waals surface area contributed by atoms with Gasteiger partial charge in [-0.25, -0.2) is 0 Å². The molecule has 0 unspecified atom stereocenters. The van der Waals surface area contributed by atoms with Crippen molar-refractivity contribution in [2.24, 2.45) is 0 Å². The molecule has 16 heavy (non-hydrogen) atoms. The maximum Gasteiger partial charge on any atom is 0.231 e. The number of carbonyl (C=O) groups excluding carboxylic acids is 1. The number of amides is 1. The molecule has 86 valence electrons. The molecule has 2 rings (SSSR count). The van der Waals surface area contributed by atoms with Gasteiger partial charge in [0.15, 0.2) is 0 Å². The van der Waals surface area contributed by atoms with Gasteiger partial charge in [-0.1, -0.05) is 19.1 Å². The van der Waals surface area contributed by atoms with Crippen LogP contribution in [0.5, 0.6) is 0 Å². The Morgan fingerprint density at radius 3 is 2.88 bits per heavy atom. The van der Waals surface area contributed by atoms with E-state index in [1.165, 1.54) is 5.56 Å². The molecule has 0 spiro atoms. The molecule has 3 heteroatoms. The van der Waals surface area contributed by atoms with Gasteiger partial charge in [-0.05, 0) is 30.8 Å². The predicted octanol–water partition coefficient (Wildman–Crippen LogP) is 1.66. The number of nitrogens with zero attached hydrogens (tertiary/aromatic N) is 2. The highest BCUT2D eigenvalue weighted by atomic mass is 16.2. The van der Waals surface area contributed by atoms with E-state index in [2.05, 4.69) is 37.1 Å². The second-order valence-corrected chi connectivity index (χ2v) is 4.42. The van der Waals surface area contributed by atoms with Crippen molar-refractivity contribution in [3.05, 3.63) is 29.3 Å². The highest BCUT2D eigenvalue weighted by molar-refractivity contribution is 6.00. The van der Waals surface area contributed by atoms with Gasteiger partial charge in [0.1, 0.15) is 0 Å². The van der Waals surface area contributed by atoms with Crippen LogP contribution in [0.1, 0.15) is 18.1 Å². The van der Waals surface area contributed by atoms with Crippen LogP contribution in [0.15, 0.2) is 18.2 Å². The van der Waals surface area contributed by atoms with Crippen LogP contribution in [0.2, 0.25) is 0 Å². The Kier molecular flexibility index (Phi) is 2.97. The van der Waals surface area contributed by atoms with Crippen LogP contribution in [-0.2, 0) is 17.8 Å². The molecule has 1 heterocycles. The van der Waals surface area contributed by atoms with Gasteiger partial charge in [-0.15, -0.1) is 0 Å². The fraction of sp³-hybridized carbons (Fsp3) is 0.462. The van der Waals surface area contributed by atoms with E-state index >= 15 is 0 Å². The van der Waals surface area contributed by atoms with Gasteiger partial charge >= 0.3 is 0 Å². The molecule has 1 aliphatic heterocycles. The van der Waals surface area contributed by atoms with E-state index in [9.17, 15) is 4.79 Å². The van der Waals surface area contributed by atoms with Crippen molar-refractivity contribution in [1.82, 2.24) is 4.90 Å². The topological polar surface area (TPSA) is 23.6 Å². The van der Waals surface area contributed by atoms with Gasteiger partial charge in [0.25, 0.3) is 0 Å². The lowest BCUT2D eigenvalue weighted by atomic mass is 10.1. The quantitative estimate of drug-likeness (QED) is 0.770. The molecule has 0 fully saturated rings. The van der Waals surface area contributed by atoms with Crippen LogP contribution in [0, 0.1) is 0 Å². The van der Waals surface area contributed by atoms with Crippen LogP contribution in [0.3, 0.4) is 0 Å². The van der Waals surface area contributed by atoms with Gasteiger partial charge in [0.2, 0.25) is 5.91 Å². The lowest BCUT2D eigenvalue weighted by Crippen LogP contribution is -2.20. The highest BCUT2D eigenvalue weighted by Crippen LogP contribution is 2.28. The molecular weight excluding hydrogens is 200 g/mol. The first-order valence-corrected chi connectivity index (χ1v) is 5.68. The highest BCUT2D eigenvalue weighted by Gasteiger charge is 2.23. The van der Waals surface area contributed by atoms with Crippen molar-refractivity contribution < 1.29 is 4.79 Å². The summed E-state index contributed by atoms with van der Waals surface area (Å²) in [6.45, 7) is 4.13. The van der Waals surface area contributed by atoms with Gasteiger partial charge in [-0.3, -0.25) is 4.79 Å². The zero-order valence-corrected chi connectivity index (χ0v) is 10.2. The number of hydrogen-bond donors (Lipinski definition) is 0. The minimum Gasteiger partial charge on any atom is -0.315 e. The summed E-state index contributed by atoms with van der Waals surface area (Å²) in [4.78, 5) is 15.5. The number of likely N-dealkylation sites (N-methyl/N-ethyl adjacent to an activating group) is 1. The summed E-state index contributed by atoms with van der Waals surface area (Å²) in [5.74, 6) is 0.191. The molecule has 1 amide bonds. The van der Waals surface area contributed by atoms with E-state index in [-0.39, 0.29) is 5.91 Å². The monoisotopic (exact) mass is 218 g/mol. The predicted molar refractivity (Wildman–Crippen MR) is 65.6 cm³/mol. The minimum atomic E-state index is 0.191. The van der Waals surface area contributed by atoms with Gasteiger partial charge in [0.05, 0.1) is 6.42 Å². The maximum absolute atomic E-state index is 11.5. The summed E-state index contributed by atoms with van der Waals surface area (Å²) < 4.78 is 0. The van der Waals surface area contributed by atoms with E-state index in [1.54, 1.807) is 4.90 Å². The third-order valence-electron chi connectivity index (χ3n) is 3.21. The van der Waals surface area contributed by atoms with Crippen molar-refractivity contribution >= 4 is 11.6 Å². The molecule has 0 radical (unpaired) electrons. The second kappa shape index (κ2) is 4.26. The fourth-order valence-electron chi connectivity index (χ4n) is 2.05. The minimum absolute atomic E-state index is 0.191. The lowest BCUT2D eigenvalue weighted by Gasteiger charge is -2.15. The van der Waals surface area contributed by atoms with Gasteiger partial charge in [0, 0.05) is 19.3 Å². The smallest absolute Gasteiger partial charge is 0.231 e. The molecule has 1 aliphatic rings. The van der Waals surface area contributed by atoms with Crippen LogP contribution < -0.4 is 4.90 Å². The van der Waals surface area contributed by atoms with Crippen molar-refractivity contribution in [3.8, 4) is 0 Å². The summed E-state index contributed by atoms with van der Waals surface area (Å²) in [6, 6.07) is 6.32. The molecule has 0 saturated carbocycles. The van der Waals surface area contributed by atoms with E-state index < -0.39 is 0 Å². The first-order valence-electron chi connectivity index (χ1n) is 5.68. The van der Waals surface area contributed by atoms with E-state index in [1.807, 2.05) is 7.05 Å². The number of carbonyl (C=O) groups is 1. The van der Waals surface area contributed by atoms with E-state index in [4.69, 9.17) is 0 Å². The van der Waals surface area contributed by atoms with Crippen LogP contribution >= 0.6 is 0 Å². The van der Waals surface area contributed by atoms with Crippen LogP contribution in [-0.4, -0.2) is 31.4 Å². The lowest BCUT2D eigenvalue weighted by molar-refractivity contribution is -0.117. The Morgan fingerprint density at radius 2 is 2.19 bits per heavy atom. The van der Waals surface area contributed by atoms with Crippen LogP contribution in [0.4, 0.5) is 5.69 Å². The number of anilines is 1. The Balaban J connectivity index is 2.22. The Labute approximate surface area is 96.7 Å². The molecule has 3 nitrogen and oxygen atoms in total. The van der Waals surface area contributed by atoms with E-state index in [0.717, 1.165) is 24.3 Å². The summed E-state index contributed by atoms with van der Waals surface area (Å²) in [7, 11) is 3.94. The molecule has 0 saturated heterocycles. The molecule has 0 aromatic heterocycles. The van der Waals surface area contributed by atoms with Gasteiger partial charge in [-0.2, -0.15) is 0 Å². The van der Waals surface area contributed by atoms with Crippen molar-refractivity contribution in [1.29, 1.82) is 0 Å². The van der Waals surface area contributed by atoms with Crippen molar-refractivity contribution in [3.63, 3.8) is 0 Å². The maximum atomic E-state index is 11.5. The third kappa shape index (κ3) is 1.95. The second-order valence-electron chi connectivity index (χ2n) is 4.42. The fourth-order valence-corrected chi connectivity index (χ4v) is 2.05. The molecule has 0 bridgehead atoms. The molecular formula is C13H18N2O. The largest absolute Gasteiger partial charge is 0.315 e.